The van der Waals surface area contributed by atoms with E-state index in [4.69, 9.17) is 10.00 Å². The fourth-order valence-corrected chi connectivity index (χ4v) is 1.23. The second-order valence-corrected chi connectivity index (χ2v) is 3.97. The Labute approximate surface area is 108 Å². The number of ether oxygens (including phenoxy) is 1. The highest BCUT2D eigenvalue weighted by atomic mass is 79.9. The van der Waals surface area contributed by atoms with Crippen molar-refractivity contribution in [3.8, 4) is 11.8 Å². The minimum atomic E-state index is -2.88. The van der Waals surface area contributed by atoms with Crippen LogP contribution in [0.1, 0.15) is 26.3 Å². The number of benzene rings is 1. The Morgan fingerprint density at radius 3 is 2.47 bits per heavy atom. The van der Waals surface area contributed by atoms with E-state index in [1.807, 2.05) is 19.9 Å². The minimum Gasteiger partial charge on any atom is -0.487 e. The zero-order valence-corrected chi connectivity index (χ0v) is 11.5. The van der Waals surface area contributed by atoms with Gasteiger partial charge in [0.05, 0.1) is 5.56 Å². The lowest BCUT2D eigenvalue weighted by Crippen LogP contribution is -2.20. The van der Waals surface area contributed by atoms with E-state index in [1.54, 1.807) is 6.07 Å². The fraction of sp³-hybridized carbons (Fsp3) is 0.417. The van der Waals surface area contributed by atoms with Crippen LogP contribution in [-0.2, 0) is 0 Å². The molecule has 0 unspecified atom stereocenters. The molecule has 0 amide bonds. The molecule has 1 rings (SSSR count). The number of hydrogen-bond acceptors (Lipinski definition) is 2. The van der Waals surface area contributed by atoms with Crippen LogP contribution in [0, 0.1) is 11.3 Å². The summed E-state index contributed by atoms with van der Waals surface area (Å²) in [5.41, 5.74) is 0.354. The van der Waals surface area contributed by atoms with Gasteiger partial charge in [0.15, 0.2) is 6.61 Å². The molecule has 5 heteroatoms. The molecule has 0 aliphatic rings. The maximum Gasteiger partial charge on any atom is 0.278 e. The predicted octanol–water partition coefficient (Wildman–Crippen LogP) is 4.38. The maximum absolute atomic E-state index is 12.5. The molecule has 0 saturated heterocycles. The molecule has 0 spiro atoms. The molecule has 1 aromatic rings. The largest absolute Gasteiger partial charge is 0.487 e. The monoisotopic (exact) mass is 305 g/mol. The Kier molecular flexibility index (Phi) is 6.74. The van der Waals surface area contributed by atoms with Gasteiger partial charge in [-0.3, -0.25) is 0 Å². The second kappa shape index (κ2) is 7.23. The number of rotatable bonds is 3. The van der Waals surface area contributed by atoms with Crippen molar-refractivity contribution in [2.24, 2.45) is 0 Å². The molecular formula is C12H14BrF2NO. The third-order valence-corrected chi connectivity index (χ3v) is 2.24. The van der Waals surface area contributed by atoms with Crippen LogP contribution in [0.2, 0.25) is 0 Å². The summed E-state index contributed by atoms with van der Waals surface area (Å²) < 4.78 is 30.4. The number of nitriles is 1. The van der Waals surface area contributed by atoms with Gasteiger partial charge in [-0.2, -0.15) is 5.26 Å². The van der Waals surface area contributed by atoms with Crippen molar-refractivity contribution < 1.29 is 13.5 Å². The third-order valence-electron chi connectivity index (χ3n) is 1.55. The van der Waals surface area contributed by atoms with Crippen LogP contribution in [0.5, 0.6) is 5.75 Å². The lowest BCUT2D eigenvalue weighted by atomic mass is 10.2. The molecule has 0 saturated carbocycles. The highest BCUT2D eigenvalue weighted by Crippen LogP contribution is 2.23. The Balaban J connectivity index is 0.00000121. The van der Waals surface area contributed by atoms with E-state index in [9.17, 15) is 8.78 Å². The molecule has 94 valence electrons. The van der Waals surface area contributed by atoms with E-state index in [2.05, 4.69) is 15.9 Å². The summed E-state index contributed by atoms with van der Waals surface area (Å²) in [5.74, 6) is -2.61. The lowest BCUT2D eigenvalue weighted by molar-refractivity contribution is -0.0229. The van der Waals surface area contributed by atoms with E-state index in [-0.39, 0.29) is 5.75 Å². The van der Waals surface area contributed by atoms with Gasteiger partial charge in [0.2, 0.25) is 0 Å². The Morgan fingerprint density at radius 2 is 2.00 bits per heavy atom. The van der Waals surface area contributed by atoms with E-state index in [0.717, 1.165) is 6.92 Å². The van der Waals surface area contributed by atoms with Gasteiger partial charge in [-0.15, -0.1) is 0 Å². The van der Waals surface area contributed by atoms with Gasteiger partial charge in [0, 0.05) is 11.4 Å². The maximum atomic E-state index is 12.5. The van der Waals surface area contributed by atoms with Crippen LogP contribution in [0.4, 0.5) is 8.78 Å². The van der Waals surface area contributed by atoms with Gasteiger partial charge < -0.3 is 4.74 Å². The van der Waals surface area contributed by atoms with Crippen LogP contribution >= 0.6 is 15.9 Å². The zero-order valence-electron chi connectivity index (χ0n) is 9.93. The molecule has 0 radical (unpaired) electrons. The zero-order chi connectivity index (χ0) is 13.5. The predicted molar refractivity (Wildman–Crippen MR) is 66.3 cm³/mol. The number of hydrogen-bond donors (Lipinski definition) is 0. The summed E-state index contributed by atoms with van der Waals surface area (Å²) in [4.78, 5) is 0. The summed E-state index contributed by atoms with van der Waals surface area (Å²) in [5, 5.41) is 8.69. The van der Waals surface area contributed by atoms with E-state index in [1.165, 1.54) is 12.1 Å². The summed E-state index contributed by atoms with van der Waals surface area (Å²) in [6, 6.07) is 6.44. The normalized spacial score (nSPS) is 9.94. The molecule has 0 heterocycles. The van der Waals surface area contributed by atoms with Gasteiger partial charge in [-0.1, -0.05) is 13.8 Å². The van der Waals surface area contributed by atoms with Crippen molar-refractivity contribution in [1.29, 1.82) is 5.26 Å². The number of alkyl halides is 2. The summed E-state index contributed by atoms with van der Waals surface area (Å²) in [6.45, 7) is 4.08. The quantitative estimate of drug-likeness (QED) is 0.830. The highest BCUT2D eigenvalue weighted by molar-refractivity contribution is 9.10. The minimum absolute atomic E-state index is 0.260. The molecule has 0 aliphatic heterocycles. The first-order valence-electron chi connectivity index (χ1n) is 5.12. The third kappa shape index (κ3) is 6.22. The Morgan fingerprint density at radius 1 is 1.41 bits per heavy atom. The Hall–Kier alpha value is -1.15. The standard InChI is InChI=1S/C10H8BrF2NO.C2H6/c1-10(12,13)6-15-8-2-3-9(11)7(4-8)5-14;1-2/h2-4H,6H2,1H3;1-2H3. The SMILES string of the molecule is CC.CC(F)(F)COc1ccc(Br)c(C#N)c1. The first-order chi connectivity index (χ1) is 7.92. The molecule has 0 aromatic heterocycles. The van der Waals surface area contributed by atoms with Gasteiger partial charge in [-0.05, 0) is 34.1 Å². The molecule has 0 fully saturated rings. The average molecular weight is 306 g/mol. The summed E-state index contributed by atoms with van der Waals surface area (Å²) in [7, 11) is 0. The molecule has 0 bridgehead atoms. The van der Waals surface area contributed by atoms with Crippen molar-refractivity contribution in [1.82, 2.24) is 0 Å². The van der Waals surface area contributed by atoms with Crippen molar-refractivity contribution in [2.75, 3.05) is 6.61 Å². The lowest BCUT2D eigenvalue weighted by Gasteiger charge is -2.12. The van der Waals surface area contributed by atoms with Gasteiger partial charge in [-0.25, -0.2) is 8.78 Å². The molecular weight excluding hydrogens is 292 g/mol. The summed E-state index contributed by atoms with van der Waals surface area (Å²) >= 11 is 3.15. The molecule has 1 aromatic carbocycles. The van der Waals surface area contributed by atoms with Crippen LogP contribution in [-0.4, -0.2) is 12.5 Å². The van der Waals surface area contributed by atoms with Gasteiger partial charge in [0.1, 0.15) is 11.8 Å². The van der Waals surface area contributed by atoms with Gasteiger partial charge >= 0.3 is 0 Å². The van der Waals surface area contributed by atoms with Gasteiger partial charge in [0.25, 0.3) is 5.92 Å². The highest BCUT2D eigenvalue weighted by Gasteiger charge is 2.22. The molecule has 0 aliphatic carbocycles. The summed E-state index contributed by atoms with van der Waals surface area (Å²) in [6.07, 6.45) is 0. The van der Waals surface area contributed by atoms with E-state index < -0.39 is 12.5 Å². The van der Waals surface area contributed by atoms with Crippen LogP contribution in [0.15, 0.2) is 22.7 Å². The van der Waals surface area contributed by atoms with Crippen LogP contribution in [0.25, 0.3) is 0 Å². The van der Waals surface area contributed by atoms with E-state index in [0.29, 0.717) is 10.0 Å². The van der Waals surface area contributed by atoms with Crippen molar-refractivity contribution >= 4 is 15.9 Å². The number of nitrogens with zero attached hydrogens (tertiary/aromatic N) is 1. The topological polar surface area (TPSA) is 33.0 Å². The van der Waals surface area contributed by atoms with E-state index >= 15 is 0 Å². The van der Waals surface area contributed by atoms with Crippen molar-refractivity contribution in [3.05, 3.63) is 28.2 Å². The van der Waals surface area contributed by atoms with Crippen LogP contribution < -0.4 is 4.74 Å². The Bertz CT molecular complexity index is 396. The molecule has 17 heavy (non-hydrogen) atoms. The molecule has 0 atom stereocenters. The van der Waals surface area contributed by atoms with Crippen molar-refractivity contribution in [3.63, 3.8) is 0 Å². The number of halogens is 3. The molecule has 2 nitrogen and oxygen atoms in total. The van der Waals surface area contributed by atoms with Crippen LogP contribution in [0.3, 0.4) is 0 Å². The second-order valence-electron chi connectivity index (χ2n) is 3.11. The first kappa shape index (κ1) is 15.9. The van der Waals surface area contributed by atoms with Crippen molar-refractivity contribution in [2.45, 2.75) is 26.7 Å². The fourth-order valence-electron chi connectivity index (χ4n) is 0.890. The smallest absolute Gasteiger partial charge is 0.278 e. The first-order valence-corrected chi connectivity index (χ1v) is 5.92. The molecule has 0 N–H and O–H groups in total. The average Bonchev–Trinajstić information content (AvgIpc) is 2.29.